The number of allylic oxidation sites excluding steroid dienone is 1. The Morgan fingerprint density at radius 1 is 1.16 bits per heavy atom. The molecule has 0 radical (unpaired) electrons. The third-order valence-corrected chi connectivity index (χ3v) is 5.57. The maximum atomic E-state index is 15.4. The van der Waals surface area contributed by atoms with Crippen LogP contribution in [0.3, 0.4) is 0 Å². The van der Waals surface area contributed by atoms with Crippen LogP contribution in [0.5, 0.6) is 0 Å². The molecule has 2 atom stereocenters. The molecular weight excluding hydrogens is 421 g/mol. The van der Waals surface area contributed by atoms with E-state index in [0.29, 0.717) is 30.8 Å². The monoisotopic (exact) mass is 462 g/mol. The van der Waals surface area contributed by atoms with Gasteiger partial charge in [0.25, 0.3) is 0 Å². The van der Waals surface area contributed by atoms with Gasteiger partial charge in [0.2, 0.25) is 0 Å². The Balaban J connectivity index is 3.62. The first kappa shape index (κ1) is 28.6. The second kappa shape index (κ2) is 13.3. The van der Waals surface area contributed by atoms with Crippen molar-refractivity contribution in [3.63, 3.8) is 0 Å². The van der Waals surface area contributed by atoms with Crippen molar-refractivity contribution >= 4 is 21.8 Å². The molecule has 0 aliphatic rings. The van der Waals surface area contributed by atoms with Gasteiger partial charge in [0.15, 0.2) is 0 Å². The zero-order valence-electron chi connectivity index (χ0n) is 21.1. The van der Waals surface area contributed by atoms with E-state index in [2.05, 4.69) is 15.8 Å². The third kappa shape index (κ3) is 10.0. The molecule has 0 aromatic heterocycles. The van der Waals surface area contributed by atoms with Gasteiger partial charge in [0, 0.05) is 17.4 Å². The van der Waals surface area contributed by atoms with Crippen molar-refractivity contribution in [3.8, 4) is 0 Å². The summed E-state index contributed by atoms with van der Waals surface area (Å²) in [5.74, 6) is 0.452. The molecule has 0 aliphatic heterocycles. The van der Waals surface area contributed by atoms with Gasteiger partial charge in [0.1, 0.15) is 5.82 Å². The number of aryl methyl sites for hydroxylation is 1. The molecule has 32 heavy (non-hydrogen) atoms. The molecule has 0 amide bonds. The fourth-order valence-electron chi connectivity index (χ4n) is 3.19. The summed E-state index contributed by atoms with van der Waals surface area (Å²) in [5, 5.41) is 0. The third-order valence-electron chi connectivity index (χ3n) is 4.86. The van der Waals surface area contributed by atoms with Crippen molar-refractivity contribution in [1.82, 2.24) is 0 Å². The number of hydrogen-bond donors (Lipinski definition) is 0. The Morgan fingerprint density at radius 2 is 1.81 bits per heavy atom. The first-order chi connectivity index (χ1) is 14.9. The molecule has 1 rings (SSSR count). The SMILES string of the molecule is C=C(OCC)C(P)CCc1c(F)ccc(C)cccc(B(OC(C)C)OC(C)(C)C)c1C. The summed E-state index contributed by atoms with van der Waals surface area (Å²) in [7, 11) is 2.14. The smallest absolute Gasteiger partial charge is 0.494 e. The van der Waals surface area contributed by atoms with E-state index >= 15 is 4.39 Å². The molecule has 0 bridgehead atoms. The van der Waals surface area contributed by atoms with E-state index in [4.69, 9.17) is 14.0 Å². The van der Waals surface area contributed by atoms with E-state index in [-0.39, 0.29) is 17.6 Å². The molecule has 1 aromatic carbocycles. The van der Waals surface area contributed by atoms with Crippen molar-refractivity contribution in [2.24, 2.45) is 0 Å². The summed E-state index contributed by atoms with van der Waals surface area (Å²) in [5.41, 5.74) is 2.86. The van der Waals surface area contributed by atoms with Crippen LogP contribution in [-0.2, 0) is 20.5 Å². The molecule has 0 aliphatic carbocycles. The minimum absolute atomic E-state index is 0.0385. The van der Waals surface area contributed by atoms with Gasteiger partial charge in [-0.1, -0.05) is 36.4 Å². The molecule has 0 saturated heterocycles. The van der Waals surface area contributed by atoms with Crippen molar-refractivity contribution in [2.45, 2.75) is 85.6 Å². The maximum Gasteiger partial charge on any atom is 0.494 e. The summed E-state index contributed by atoms with van der Waals surface area (Å²) < 4.78 is 33.4. The van der Waals surface area contributed by atoms with Gasteiger partial charge < -0.3 is 14.0 Å². The zero-order valence-corrected chi connectivity index (χ0v) is 22.3. The lowest BCUT2D eigenvalue weighted by atomic mass is 9.74. The molecule has 0 saturated carbocycles. The summed E-state index contributed by atoms with van der Waals surface area (Å²) in [6.45, 7) is 20.3. The van der Waals surface area contributed by atoms with Crippen LogP contribution < -0.4 is 5.46 Å². The van der Waals surface area contributed by atoms with Crippen LogP contribution in [0.1, 0.15) is 64.7 Å². The molecule has 1 aromatic rings. The van der Waals surface area contributed by atoms with E-state index in [1.165, 1.54) is 0 Å². The number of ether oxygens (including phenoxy) is 1. The second-order valence-electron chi connectivity index (χ2n) is 9.30. The van der Waals surface area contributed by atoms with E-state index in [0.717, 1.165) is 16.6 Å². The lowest BCUT2D eigenvalue weighted by molar-refractivity contribution is 0.0756. The lowest BCUT2D eigenvalue weighted by Crippen LogP contribution is -2.45. The van der Waals surface area contributed by atoms with Gasteiger partial charge in [-0.3, -0.25) is 0 Å². The molecule has 0 heterocycles. The van der Waals surface area contributed by atoms with E-state index < -0.39 is 12.7 Å². The highest BCUT2D eigenvalue weighted by atomic mass is 31.0. The number of rotatable bonds is 10. The minimum atomic E-state index is -0.614. The predicted octanol–water partition coefficient (Wildman–Crippen LogP) is 6.23. The van der Waals surface area contributed by atoms with Crippen LogP contribution in [0.4, 0.5) is 4.39 Å². The molecule has 0 spiro atoms. The Kier molecular flexibility index (Phi) is 11.9. The largest absolute Gasteiger partial charge is 0.498 e. The molecular formula is C26H41BFO3P. The molecule has 3 nitrogen and oxygen atoms in total. The standard InChI is InChI=1S/C26H41BFO3P/c1-10-29-21(6)25(32)17-15-22-20(5)23(13-11-12-19(4)14-16-24(22)28)27(30-18(2)3)31-26(7,8)9/h11-14,16,18,25H,6,10,15,17,32H2,1-5,7-9H3. The second-order valence-corrected chi connectivity index (χ2v) is 10.1. The first-order valence-electron chi connectivity index (χ1n) is 11.4. The highest BCUT2D eigenvalue weighted by Gasteiger charge is 2.30. The van der Waals surface area contributed by atoms with Crippen LogP contribution in [0.2, 0.25) is 0 Å². The normalized spacial score (nSPS) is 12.3. The van der Waals surface area contributed by atoms with Crippen LogP contribution in [0.25, 0.3) is 0 Å². The van der Waals surface area contributed by atoms with Gasteiger partial charge in [-0.05, 0) is 90.9 Å². The topological polar surface area (TPSA) is 27.7 Å². The first-order valence-corrected chi connectivity index (χ1v) is 12.1. The number of hydrogen-bond acceptors (Lipinski definition) is 3. The van der Waals surface area contributed by atoms with Gasteiger partial charge in [-0.15, -0.1) is 9.24 Å². The van der Waals surface area contributed by atoms with Crippen LogP contribution >= 0.6 is 9.24 Å². The van der Waals surface area contributed by atoms with Gasteiger partial charge in [0.05, 0.1) is 12.4 Å². The molecule has 6 heteroatoms. The highest BCUT2D eigenvalue weighted by molar-refractivity contribution is 7.18. The summed E-state index contributed by atoms with van der Waals surface area (Å²) in [4.78, 5) is 0. The average molecular weight is 462 g/mol. The Bertz CT molecular complexity index is 819. The molecule has 0 N–H and O–H groups in total. The molecule has 2 unspecified atom stereocenters. The van der Waals surface area contributed by atoms with E-state index in [1.807, 2.05) is 73.6 Å². The maximum absolute atomic E-state index is 15.4. The Morgan fingerprint density at radius 3 is 2.38 bits per heavy atom. The van der Waals surface area contributed by atoms with E-state index in [9.17, 15) is 0 Å². The summed E-state index contributed by atoms with van der Waals surface area (Å²) in [6, 6.07) is 9.23. The zero-order chi connectivity index (χ0) is 24.5. The average Bonchev–Trinajstić information content (AvgIpc) is 2.67. The highest BCUT2D eigenvalue weighted by Crippen LogP contribution is 2.22. The summed E-state index contributed by atoms with van der Waals surface area (Å²) in [6.07, 6.45) is 1.18. The van der Waals surface area contributed by atoms with Crippen molar-refractivity contribution in [1.29, 1.82) is 0 Å². The van der Waals surface area contributed by atoms with Crippen LogP contribution in [0.15, 0.2) is 42.7 Å². The molecule has 178 valence electrons. The fourth-order valence-corrected chi connectivity index (χ4v) is 3.45. The van der Waals surface area contributed by atoms with Gasteiger partial charge in [-0.2, -0.15) is 0 Å². The van der Waals surface area contributed by atoms with Crippen molar-refractivity contribution in [2.75, 3.05) is 6.61 Å². The fraction of sp³-hybridized carbons (Fsp3) is 0.538. The van der Waals surface area contributed by atoms with E-state index in [1.54, 1.807) is 12.1 Å². The van der Waals surface area contributed by atoms with Crippen LogP contribution in [0, 0.1) is 19.7 Å². The van der Waals surface area contributed by atoms with Crippen LogP contribution in [-0.4, -0.2) is 31.1 Å². The van der Waals surface area contributed by atoms with Crippen molar-refractivity contribution in [3.05, 3.63) is 65.2 Å². The number of halogens is 1. The minimum Gasteiger partial charge on any atom is -0.498 e. The quantitative estimate of drug-likeness (QED) is 0.234. The lowest BCUT2D eigenvalue weighted by Gasteiger charge is -2.27. The summed E-state index contributed by atoms with van der Waals surface area (Å²) >= 11 is 0. The predicted molar refractivity (Wildman–Crippen MR) is 139 cm³/mol. The van der Waals surface area contributed by atoms with Gasteiger partial charge >= 0.3 is 7.12 Å². The Hall–Kier alpha value is -1.42. The Labute approximate surface area is 197 Å². The van der Waals surface area contributed by atoms with Gasteiger partial charge in [-0.25, -0.2) is 4.39 Å². The van der Waals surface area contributed by atoms with Crippen molar-refractivity contribution < 1.29 is 18.4 Å². The molecule has 0 fully saturated rings.